The first-order valence-corrected chi connectivity index (χ1v) is 14.0. The van der Waals surface area contributed by atoms with E-state index >= 15 is 0 Å². The quantitative estimate of drug-likeness (QED) is 0.134. The van der Waals surface area contributed by atoms with E-state index < -0.39 is 54.0 Å². The van der Waals surface area contributed by atoms with E-state index in [1.54, 1.807) is 12.1 Å². The van der Waals surface area contributed by atoms with Crippen LogP contribution in [0.3, 0.4) is 0 Å². The molecule has 2 aromatic carbocycles. The maximum absolute atomic E-state index is 14.3. The van der Waals surface area contributed by atoms with E-state index in [2.05, 4.69) is 15.4 Å². The van der Waals surface area contributed by atoms with Gasteiger partial charge in [-0.3, -0.25) is 14.5 Å². The highest BCUT2D eigenvalue weighted by atomic mass is 19.4. The Morgan fingerprint density at radius 3 is 2.45 bits per heavy atom. The van der Waals surface area contributed by atoms with Crippen LogP contribution < -0.4 is 11.1 Å². The minimum absolute atomic E-state index is 0.0933. The second-order valence-corrected chi connectivity index (χ2v) is 10.7. The molecule has 2 unspecified atom stereocenters. The van der Waals surface area contributed by atoms with Crippen molar-refractivity contribution in [1.29, 1.82) is 0 Å². The summed E-state index contributed by atoms with van der Waals surface area (Å²) in [7, 11) is 0. The van der Waals surface area contributed by atoms with Gasteiger partial charge in [-0.1, -0.05) is 18.6 Å². The van der Waals surface area contributed by atoms with E-state index in [0.717, 1.165) is 29.3 Å². The number of carbonyl (C=O) groups is 1. The molecule has 1 aliphatic rings. The molecule has 232 valence electrons. The summed E-state index contributed by atoms with van der Waals surface area (Å²) in [5, 5.41) is 16.4. The number of aliphatic hydroxyl groups is 1. The SMILES string of the molecule is NC(O)c1cc(-c2cccnc2C(Cc2cc(F)cc(F)c2)NC(=O)Cn2nc(C(F)(F)F)c3c2CCCCC3)ccc1F. The first kappa shape index (κ1) is 31.2. The van der Waals surface area contributed by atoms with Crippen molar-refractivity contribution in [2.45, 2.75) is 63.5 Å². The highest BCUT2D eigenvalue weighted by Gasteiger charge is 2.39. The molecule has 0 bridgehead atoms. The summed E-state index contributed by atoms with van der Waals surface area (Å²) in [4.78, 5) is 17.9. The second-order valence-electron chi connectivity index (χ2n) is 10.7. The third-order valence-electron chi connectivity index (χ3n) is 7.56. The van der Waals surface area contributed by atoms with Gasteiger partial charge in [0.15, 0.2) is 5.69 Å². The van der Waals surface area contributed by atoms with Crippen molar-refractivity contribution in [2.75, 3.05) is 0 Å². The summed E-state index contributed by atoms with van der Waals surface area (Å²) in [5.41, 5.74) is 5.94. The van der Waals surface area contributed by atoms with E-state index in [1.807, 2.05) is 0 Å². The molecular formula is C31H29F6N5O2. The van der Waals surface area contributed by atoms with Crippen LogP contribution in [0.5, 0.6) is 0 Å². The number of aromatic nitrogens is 3. The van der Waals surface area contributed by atoms with Gasteiger partial charge in [0.05, 0.1) is 11.7 Å². The van der Waals surface area contributed by atoms with Gasteiger partial charge in [0.2, 0.25) is 5.91 Å². The number of aliphatic hydroxyl groups excluding tert-OH is 1. The van der Waals surface area contributed by atoms with Crippen LogP contribution in [0.4, 0.5) is 26.3 Å². The molecule has 13 heteroatoms. The number of carbonyl (C=O) groups excluding carboxylic acids is 1. The molecule has 0 saturated heterocycles. The number of alkyl halides is 3. The van der Waals surface area contributed by atoms with Gasteiger partial charge in [-0.25, -0.2) is 13.2 Å². The number of nitrogens with zero attached hydrogens (tertiary/aromatic N) is 3. The van der Waals surface area contributed by atoms with E-state index in [4.69, 9.17) is 5.73 Å². The lowest BCUT2D eigenvalue weighted by Gasteiger charge is -2.22. The van der Waals surface area contributed by atoms with Crippen molar-refractivity contribution in [2.24, 2.45) is 5.73 Å². The fourth-order valence-corrected chi connectivity index (χ4v) is 5.64. The molecule has 0 saturated carbocycles. The fourth-order valence-electron chi connectivity index (χ4n) is 5.64. The minimum Gasteiger partial charge on any atom is -0.374 e. The van der Waals surface area contributed by atoms with Gasteiger partial charge in [-0.2, -0.15) is 18.3 Å². The molecule has 0 fully saturated rings. The van der Waals surface area contributed by atoms with E-state index in [0.29, 0.717) is 42.1 Å². The van der Waals surface area contributed by atoms with Crippen LogP contribution >= 0.6 is 0 Å². The zero-order valence-corrected chi connectivity index (χ0v) is 23.3. The molecule has 7 nitrogen and oxygen atoms in total. The molecule has 2 aromatic heterocycles. The Labute approximate surface area is 248 Å². The van der Waals surface area contributed by atoms with Gasteiger partial charge in [0, 0.05) is 34.6 Å². The summed E-state index contributed by atoms with van der Waals surface area (Å²) in [6.07, 6.45) is -2.51. The van der Waals surface area contributed by atoms with Crippen LogP contribution in [-0.2, 0) is 36.8 Å². The molecule has 2 heterocycles. The Balaban J connectivity index is 1.52. The molecule has 1 aliphatic carbocycles. The van der Waals surface area contributed by atoms with Crippen LogP contribution in [-0.4, -0.2) is 25.8 Å². The Kier molecular flexibility index (Phi) is 9.07. The summed E-state index contributed by atoms with van der Waals surface area (Å²) in [6.45, 7) is -0.533. The van der Waals surface area contributed by atoms with Gasteiger partial charge in [0.25, 0.3) is 0 Å². The molecule has 4 N–H and O–H groups in total. The van der Waals surface area contributed by atoms with Crippen LogP contribution in [0.15, 0.2) is 54.7 Å². The normalized spacial score (nSPS) is 14.9. The van der Waals surface area contributed by atoms with Gasteiger partial charge < -0.3 is 16.2 Å². The number of amides is 1. The molecule has 4 aromatic rings. The molecule has 0 radical (unpaired) electrons. The molecular weight excluding hydrogens is 588 g/mol. The van der Waals surface area contributed by atoms with Crippen molar-refractivity contribution >= 4 is 5.91 Å². The predicted octanol–water partition coefficient (Wildman–Crippen LogP) is 5.70. The van der Waals surface area contributed by atoms with E-state index in [1.165, 1.54) is 18.3 Å². The molecule has 1 amide bonds. The lowest BCUT2D eigenvalue weighted by molar-refractivity contribution is -0.142. The van der Waals surface area contributed by atoms with Crippen molar-refractivity contribution in [3.05, 3.63) is 106 Å². The van der Waals surface area contributed by atoms with Crippen molar-refractivity contribution in [3.8, 4) is 11.1 Å². The Hall–Kier alpha value is -4.23. The number of rotatable bonds is 8. The summed E-state index contributed by atoms with van der Waals surface area (Å²) >= 11 is 0. The van der Waals surface area contributed by atoms with Gasteiger partial charge in [-0.05, 0) is 73.6 Å². The number of fused-ring (bicyclic) bond motifs is 1. The summed E-state index contributed by atoms with van der Waals surface area (Å²) in [6, 6.07) is 8.89. The molecule has 2 atom stereocenters. The van der Waals surface area contributed by atoms with Crippen LogP contribution in [0, 0.1) is 17.5 Å². The average molecular weight is 618 g/mol. The Morgan fingerprint density at radius 1 is 1.02 bits per heavy atom. The molecule has 0 aliphatic heterocycles. The summed E-state index contributed by atoms with van der Waals surface area (Å²) in [5.74, 6) is -3.13. The van der Waals surface area contributed by atoms with Crippen LogP contribution in [0.1, 0.15) is 65.3 Å². The highest BCUT2D eigenvalue weighted by molar-refractivity contribution is 5.77. The summed E-state index contributed by atoms with van der Waals surface area (Å²) < 4.78 is 85.0. The standard InChI is InChI=1S/C31H29F6N5O2/c32-19-11-17(12-20(33)15-19)13-25(28-21(6-4-10-39-28)18-8-9-24(34)23(14-18)30(38)44)40-27(43)16-42-26-7-3-1-2-5-22(26)29(41-42)31(35,36)37/h4,6,8-12,14-15,25,30,44H,1-3,5,7,13,16,38H2,(H,40,43). The number of hydrogen-bond acceptors (Lipinski definition) is 5. The van der Waals surface area contributed by atoms with Crippen LogP contribution in [0.2, 0.25) is 0 Å². The number of nitrogens with two attached hydrogens (primary N) is 1. The largest absolute Gasteiger partial charge is 0.435 e. The molecule has 5 rings (SSSR count). The molecule has 0 spiro atoms. The smallest absolute Gasteiger partial charge is 0.374 e. The Bertz CT molecular complexity index is 1650. The van der Waals surface area contributed by atoms with E-state index in [-0.39, 0.29) is 35.2 Å². The first-order chi connectivity index (χ1) is 20.9. The van der Waals surface area contributed by atoms with Gasteiger partial charge >= 0.3 is 6.18 Å². The molecule has 44 heavy (non-hydrogen) atoms. The minimum atomic E-state index is -4.69. The fraction of sp³-hybridized carbons (Fsp3) is 0.323. The van der Waals surface area contributed by atoms with Gasteiger partial charge in [-0.15, -0.1) is 0 Å². The monoisotopic (exact) mass is 617 g/mol. The topological polar surface area (TPSA) is 106 Å². The number of pyridine rings is 1. The number of hydrogen-bond donors (Lipinski definition) is 3. The number of nitrogens with one attached hydrogen (secondary N) is 1. The van der Waals surface area contributed by atoms with Crippen molar-refractivity contribution < 1.29 is 36.2 Å². The lowest BCUT2D eigenvalue weighted by Crippen LogP contribution is -2.34. The predicted molar refractivity (Wildman–Crippen MR) is 148 cm³/mol. The highest BCUT2D eigenvalue weighted by Crippen LogP contribution is 2.36. The zero-order chi connectivity index (χ0) is 31.6. The first-order valence-electron chi connectivity index (χ1n) is 14.0. The number of benzene rings is 2. The lowest BCUT2D eigenvalue weighted by atomic mass is 9.94. The van der Waals surface area contributed by atoms with Crippen molar-refractivity contribution in [1.82, 2.24) is 20.1 Å². The van der Waals surface area contributed by atoms with Crippen LogP contribution in [0.25, 0.3) is 11.1 Å². The zero-order valence-electron chi connectivity index (χ0n) is 23.3. The third-order valence-corrected chi connectivity index (χ3v) is 7.56. The van der Waals surface area contributed by atoms with E-state index in [9.17, 15) is 36.2 Å². The Morgan fingerprint density at radius 2 is 1.75 bits per heavy atom. The number of halogens is 6. The average Bonchev–Trinajstić information content (AvgIpc) is 3.12. The third kappa shape index (κ3) is 6.94. The maximum atomic E-state index is 14.3. The van der Waals surface area contributed by atoms with Gasteiger partial charge in [0.1, 0.15) is 30.2 Å². The maximum Gasteiger partial charge on any atom is 0.435 e. The van der Waals surface area contributed by atoms with Crippen molar-refractivity contribution in [3.63, 3.8) is 0 Å². The second kappa shape index (κ2) is 12.8.